The molecule has 0 unspecified atom stereocenters. The van der Waals surface area contributed by atoms with E-state index >= 15 is 0 Å². The summed E-state index contributed by atoms with van der Waals surface area (Å²) in [4.78, 5) is 0. The van der Waals surface area contributed by atoms with Gasteiger partial charge < -0.3 is 5.21 Å². The maximum Gasteiger partial charge on any atom is 0.0734 e. The van der Waals surface area contributed by atoms with E-state index in [0.717, 1.165) is 5.56 Å². The summed E-state index contributed by atoms with van der Waals surface area (Å²) in [5.41, 5.74) is 0.787. The summed E-state index contributed by atoms with van der Waals surface area (Å²) in [7, 11) is 0. The molecule has 0 amide bonds. The summed E-state index contributed by atoms with van der Waals surface area (Å²) in [6.45, 7) is 0. The molecule has 10 heavy (non-hydrogen) atoms. The van der Waals surface area contributed by atoms with Crippen molar-refractivity contribution in [1.82, 2.24) is 0 Å². The lowest BCUT2D eigenvalue weighted by Gasteiger charge is -1.90. The molecule has 0 heterocycles. The highest BCUT2D eigenvalue weighted by Crippen LogP contribution is 2.08. The van der Waals surface area contributed by atoms with E-state index in [9.17, 15) is 0 Å². The van der Waals surface area contributed by atoms with Gasteiger partial charge in [0.25, 0.3) is 0 Å². The number of rotatable bonds is 1. The van der Waals surface area contributed by atoms with Crippen LogP contribution in [0.5, 0.6) is 0 Å². The third-order valence-electron chi connectivity index (χ3n) is 1.06. The van der Waals surface area contributed by atoms with Crippen molar-refractivity contribution in [3.05, 3.63) is 34.9 Å². The molecule has 0 atom stereocenters. The Balaban J connectivity index is 2.95. The summed E-state index contributed by atoms with van der Waals surface area (Å²) in [5.74, 6) is 0. The molecule has 0 radical (unpaired) electrons. The van der Waals surface area contributed by atoms with Crippen molar-refractivity contribution >= 4 is 17.8 Å². The molecule has 0 fully saturated rings. The topological polar surface area (TPSA) is 32.6 Å². The van der Waals surface area contributed by atoms with Crippen molar-refractivity contribution in [2.75, 3.05) is 0 Å². The molecule has 0 bridgehead atoms. The van der Waals surface area contributed by atoms with Gasteiger partial charge in [-0.15, -0.1) is 0 Å². The van der Waals surface area contributed by atoms with E-state index in [1.165, 1.54) is 6.21 Å². The summed E-state index contributed by atoms with van der Waals surface area (Å²) in [5, 5.41) is 11.6. The van der Waals surface area contributed by atoms with E-state index in [1.54, 1.807) is 24.3 Å². The molecule has 0 aromatic heterocycles. The van der Waals surface area contributed by atoms with Crippen molar-refractivity contribution in [1.29, 1.82) is 0 Å². The molecule has 1 aromatic rings. The Labute approximate surface area is 63.7 Å². The van der Waals surface area contributed by atoms with Crippen LogP contribution in [0.1, 0.15) is 5.56 Å². The smallest absolute Gasteiger partial charge is 0.0734 e. The lowest BCUT2D eigenvalue weighted by molar-refractivity contribution is 0.322. The van der Waals surface area contributed by atoms with Crippen LogP contribution >= 0.6 is 11.6 Å². The molecular formula is C7H6ClNO. The molecule has 0 aliphatic rings. The lowest BCUT2D eigenvalue weighted by Crippen LogP contribution is -1.78. The number of benzene rings is 1. The van der Waals surface area contributed by atoms with E-state index in [2.05, 4.69) is 5.16 Å². The summed E-state index contributed by atoms with van der Waals surface area (Å²) >= 11 is 5.64. The van der Waals surface area contributed by atoms with Crippen molar-refractivity contribution in [3.63, 3.8) is 0 Å². The number of hydrogen-bond acceptors (Lipinski definition) is 2. The van der Waals surface area contributed by atoms with Gasteiger partial charge in [0.05, 0.1) is 6.21 Å². The fourth-order valence-electron chi connectivity index (χ4n) is 0.654. The maximum atomic E-state index is 8.14. The minimum absolute atomic E-state index is 0.636. The van der Waals surface area contributed by atoms with E-state index < -0.39 is 0 Å². The van der Waals surface area contributed by atoms with Crippen molar-refractivity contribution < 1.29 is 5.21 Å². The zero-order valence-electron chi connectivity index (χ0n) is 5.16. The van der Waals surface area contributed by atoms with E-state index in [4.69, 9.17) is 16.8 Å². The van der Waals surface area contributed by atoms with Gasteiger partial charge in [-0.2, -0.15) is 0 Å². The van der Waals surface area contributed by atoms with E-state index in [-0.39, 0.29) is 0 Å². The first-order valence-electron chi connectivity index (χ1n) is 2.76. The second-order valence-electron chi connectivity index (χ2n) is 1.80. The summed E-state index contributed by atoms with van der Waals surface area (Å²) < 4.78 is 0. The monoisotopic (exact) mass is 155 g/mol. The quantitative estimate of drug-likeness (QED) is 0.376. The highest BCUT2D eigenvalue weighted by molar-refractivity contribution is 6.30. The third-order valence-corrected chi connectivity index (χ3v) is 1.29. The van der Waals surface area contributed by atoms with Gasteiger partial charge in [0.1, 0.15) is 0 Å². The van der Waals surface area contributed by atoms with Crippen LogP contribution in [-0.2, 0) is 0 Å². The predicted molar refractivity (Wildman–Crippen MR) is 40.8 cm³/mol. The summed E-state index contributed by atoms with van der Waals surface area (Å²) in [6, 6.07) is 7.06. The third kappa shape index (κ3) is 1.74. The van der Waals surface area contributed by atoms with E-state index in [1.807, 2.05) is 0 Å². The second kappa shape index (κ2) is 3.22. The molecule has 0 saturated heterocycles. The van der Waals surface area contributed by atoms with Gasteiger partial charge in [-0.1, -0.05) is 28.9 Å². The molecule has 0 saturated carbocycles. The maximum absolute atomic E-state index is 8.14. The molecule has 1 aromatic carbocycles. The number of oxime groups is 1. The fourth-order valence-corrected chi connectivity index (χ4v) is 0.852. The summed E-state index contributed by atoms with van der Waals surface area (Å²) in [6.07, 6.45) is 1.33. The van der Waals surface area contributed by atoms with Crippen LogP contribution < -0.4 is 0 Å². The Morgan fingerprint density at radius 1 is 1.50 bits per heavy atom. The first-order chi connectivity index (χ1) is 4.83. The first-order valence-corrected chi connectivity index (χ1v) is 3.14. The van der Waals surface area contributed by atoms with Crippen LogP contribution in [0.4, 0.5) is 0 Å². The average Bonchev–Trinajstić information content (AvgIpc) is 1.88. The average molecular weight is 156 g/mol. The molecule has 2 nitrogen and oxygen atoms in total. The van der Waals surface area contributed by atoms with Gasteiger partial charge in [0.15, 0.2) is 0 Å². The van der Waals surface area contributed by atoms with Gasteiger partial charge >= 0.3 is 0 Å². The fraction of sp³-hybridized carbons (Fsp3) is 0. The molecule has 1 N–H and O–H groups in total. The zero-order chi connectivity index (χ0) is 7.40. The van der Waals surface area contributed by atoms with Crippen molar-refractivity contribution in [2.45, 2.75) is 0 Å². The number of halogens is 1. The van der Waals surface area contributed by atoms with Crippen LogP contribution in [0.2, 0.25) is 5.02 Å². The van der Waals surface area contributed by atoms with Gasteiger partial charge in [0, 0.05) is 5.02 Å². The SMILES string of the molecule is O/N=C\c1cccc(Cl)c1. The van der Waals surface area contributed by atoms with Gasteiger partial charge in [-0.05, 0) is 17.7 Å². The minimum Gasteiger partial charge on any atom is -0.411 e. The minimum atomic E-state index is 0.636. The highest BCUT2D eigenvalue weighted by Gasteiger charge is 1.87. The predicted octanol–water partition coefficient (Wildman–Crippen LogP) is 2.15. The zero-order valence-corrected chi connectivity index (χ0v) is 5.92. The van der Waals surface area contributed by atoms with Gasteiger partial charge in [-0.3, -0.25) is 0 Å². The van der Waals surface area contributed by atoms with E-state index in [0.29, 0.717) is 5.02 Å². The first kappa shape index (κ1) is 7.09. The Morgan fingerprint density at radius 2 is 2.30 bits per heavy atom. The van der Waals surface area contributed by atoms with Gasteiger partial charge in [0.2, 0.25) is 0 Å². The van der Waals surface area contributed by atoms with Crippen LogP contribution in [-0.4, -0.2) is 11.4 Å². The molecular weight excluding hydrogens is 150 g/mol. The van der Waals surface area contributed by atoms with Crippen LogP contribution in [0.3, 0.4) is 0 Å². The standard InChI is InChI=1S/C7H6ClNO/c8-7-3-1-2-6(4-7)5-9-10/h1-5,10H/b9-5-. The normalized spacial score (nSPS) is 10.5. The largest absolute Gasteiger partial charge is 0.411 e. The van der Waals surface area contributed by atoms with Crippen LogP contribution in [0.15, 0.2) is 29.4 Å². The Kier molecular flexibility index (Phi) is 2.29. The molecule has 0 aliphatic carbocycles. The highest BCUT2D eigenvalue weighted by atomic mass is 35.5. The van der Waals surface area contributed by atoms with Crippen LogP contribution in [0.25, 0.3) is 0 Å². The molecule has 3 heteroatoms. The molecule has 0 aliphatic heterocycles. The number of hydrogen-bond donors (Lipinski definition) is 1. The van der Waals surface area contributed by atoms with Crippen molar-refractivity contribution in [2.24, 2.45) is 5.16 Å². The van der Waals surface area contributed by atoms with Crippen LogP contribution in [0, 0.1) is 0 Å². The Hall–Kier alpha value is -1.02. The molecule has 0 spiro atoms. The second-order valence-corrected chi connectivity index (χ2v) is 2.24. The molecule has 1 rings (SSSR count). The number of nitrogens with zero attached hydrogens (tertiary/aromatic N) is 1. The lowest BCUT2D eigenvalue weighted by atomic mass is 10.2. The Bertz CT molecular complexity index is 247. The Morgan fingerprint density at radius 3 is 2.90 bits per heavy atom. The van der Waals surface area contributed by atoms with Gasteiger partial charge in [-0.25, -0.2) is 0 Å². The molecule has 52 valence electrons. The van der Waals surface area contributed by atoms with Crippen molar-refractivity contribution in [3.8, 4) is 0 Å².